The van der Waals surface area contributed by atoms with E-state index in [1.54, 1.807) is 24.3 Å². The molecule has 2 aliphatic rings. The molecule has 4 atom stereocenters. The topological polar surface area (TPSA) is 75.6 Å². The summed E-state index contributed by atoms with van der Waals surface area (Å²) >= 11 is 6.69. The van der Waals surface area contributed by atoms with Crippen LogP contribution in [-0.2, 0) is 14.3 Å². The van der Waals surface area contributed by atoms with Crippen LogP contribution >= 0.6 is 31.9 Å². The SMILES string of the molecule is O=C(O)[C@H]1[C@H](C(=O)Nc2ccccc2)[C@H]2O[C@H]1C(Br)=C2Br. The minimum atomic E-state index is -1.03. The number of hydrogen-bond acceptors (Lipinski definition) is 3. The lowest BCUT2D eigenvalue weighted by atomic mass is 9.82. The van der Waals surface area contributed by atoms with Crippen LogP contribution in [0.25, 0.3) is 0 Å². The van der Waals surface area contributed by atoms with Gasteiger partial charge in [0.05, 0.1) is 5.92 Å². The molecule has 5 nitrogen and oxygen atoms in total. The molecule has 3 rings (SSSR count). The van der Waals surface area contributed by atoms with Crippen molar-refractivity contribution in [2.75, 3.05) is 5.32 Å². The van der Waals surface area contributed by atoms with Crippen molar-refractivity contribution in [1.82, 2.24) is 0 Å². The lowest BCUT2D eigenvalue weighted by Gasteiger charge is -2.24. The number of para-hydroxylation sites is 1. The first-order chi connectivity index (χ1) is 10.0. The fourth-order valence-electron chi connectivity index (χ4n) is 2.74. The van der Waals surface area contributed by atoms with Gasteiger partial charge in [-0.05, 0) is 12.1 Å². The number of rotatable bonds is 3. The Bertz CT molecular complexity index is 631. The van der Waals surface area contributed by atoms with Gasteiger partial charge in [-0.25, -0.2) is 0 Å². The average molecular weight is 417 g/mol. The number of carbonyl (C=O) groups excluding carboxylic acids is 1. The van der Waals surface area contributed by atoms with Crippen molar-refractivity contribution in [3.05, 3.63) is 39.3 Å². The molecular formula is C14H11Br2NO4. The first-order valence-corrected chi connectivity index (χ1v) is 7.88. The monoisotopic (exact) mass is 415 g/mol. The van der Waals surface area contributed by atoms with Crippen LogP contribution in [-0.4, -0.2) is 29.2 Å². The van der Waals surface area contributed by atoms with Gasteiger partial charge in [0.1, 0.15) is 18.1 Å². The van der Waals surface area contributed by atoms with E-state index in [2.05, 4.69) is 37.2 Å². The molecule has 0 unspecified atom stereocenters. The summed E-state index contributed by atoms with van der Waals surface area (Å²) in [7, 11) is 0. The van der Waals surface area contributed by atoms with Crippen LogP contribution in [0.1, 0.15) is 0 Å². The van der Waals surface area contributed by atoms with Crippen LogP contribution in [0.5, 0.6) is 0 Å². The Kier molecular flexibility index (Phi) is 3.90. The second-order valence-electron chi connectivity index (χ2n) is 4.92. The first-order valence-electron chi connectivity index (χ1n) is 6.30. The summed E-state index contributed by atoms with van der Waals surface area (Å²) < 4.78 is 7.01. The Morgan fingerprint density at radius 3 is 2.19 bits per heavy atom. The maximum Gasteiger partial charge on any atom is 0.310 e. The molecule has 1 aromatic rings. The molecule has 0 saturated carbocycles. The standard InChI is InChI=1S/C14H11Br2NO4/c15-9-10(16)12-8(14(19)20)7(11(9)21-12)13(18)17-6-4-2-1-3-5-6/h1-5,7-8,11-12H,(H,17,18)(H,19,20)/t7-,8-,11+,12+/m0/s1. The second-order valence-corrected chi connectivity index (χ2v) is 6.63. The number of nitrogens with one attached hydrogen (secondary N) is 1. The Morgan fingerprint density at radius 2 is 1.62 bits per heavy atom. The van der Waals surface area contributed by atoms with Gasteiger partial charge in [-0.15, -0.1) is 0 Å². The maximum absolute atomic E-state index is 12.5. The number of aliphatic carboxylic acids is 1. The number of fused-ring (bicyclic) bond motifs is 2. The van der Waals surface area contributed by atoms with Crippen LogP contribution in [0.4, 0.5) is 5.69 Å². The van der Waals surface area contributed by atoms with Crippen molar-refractivity contribution >= 4 is 49.4 Å². The maximum atomic E-state index is 12.5. The van der Waals surface area contributed by atoms with Crippen molar-refractivity contribution in [3.8, 4) is 0 Å². The zero-order chi connectivity index (χ0) is 15.1. The molecule has 21 heavy (non-hydrogen) atoms. The van der Waals surface area contributed by atoms with Crippen LogP contribution < -0.4 is 5.32 Å². The lowest BCUT2D eigenvalue weighted by Crippen LogP contribution is -2.40. The summed E-state index contributed by atoms with van der Waals surface area (Å²) in [6.45, 7) is 0. The average Bonchev–Trinajstić information content (AvgIpc) is 2.98. The Labute approximate surface area is 137 Å². The van der Waals surface area contributed by atoms with Crippen LogP contribution in [0, 0.1) is 11.8 Å². The minimum absolute atomic E-state index is 0.349. The van der Waals surface area contributed by atoms with Crippen molar-refractivity contribution in [2.24, 2.45) is 11.8 Å². The van der Waals surface area contributed by atoms with Crippen LogP contribution in [0.2, 0.25) is 0 Å². The zero-order valence-corrected chi connectivity index (χ0v) is 13.8. The van der Waals surface area contributed by atoms with Gasteiger partial charge in [0.2, 0.25) is 5.91 Å². The fraction of sp³-hybridized carbons (Fsp3) is 0.286. The van der Waals surface area contributed by atoms with E-state index in [1.165, 1.54) is 0 Å². The summed E-state index contributed by atoms with van der Waals surface area (Å²) in [5.41, 5.74) is 0.633. The van der Waals surface area contributed by atoms with Gasteiger partial charge < -0.3 is 15.2 Å². The van der Waals surface area contributed by atoms with Gasteiger partial charge in [-0.1, -0.05) is 50.1 Å². The van der Waals surface area contributed by atoms with E-state index in [0.29, 0.717) is 14.7 Å². The van der Waals surface area contributed by atoms with Crippen LogP contribution in [0.3, 0.4) is 0 Å². The van der Waals surface area contributed by atoms with Gasteiger partial charge in [0, 0.05) is 14.7 Å². The Balaban J connectivity index is 1.87. The van der Waals surface area contributed by atoms with Crippen LogP contribution in [0.15, 0.2) is 39.3 Å². The molecule has 2 N–H and O–H groups in total. The number of benzene rings is 1. The quantitative estimate of drug-likeness (QED) is 0.794. The summed E-state index contributed by atoms with van der Waals surface area (Å²) in [6.07, 6.45) is -1.18. The number of hydrogen-bond donors (Lipinski definition) is 2. The molecule has 0 aromatic heterocycles. The van der Waals surface area contributed by atoms with Crippen molar-refractivity contribution in [3.63, 3.8) is 0 Å². The molecule has 2 heterocycles. The lowest BCUT2D eigenvalue weighted by molar-refractivity contribution is -0.146. The number of carboxylic acid groups (broad SMARTS) is 1. The molecule has 110 valence electrons. The Morgan fingerprint density at radius 1 is 1.05 bits per heavy atom. The van der Waals surface area contributed by atoms with E-state index in [-0.39, 0.29) is 5.91 Å². The molecule has 0 radical (unpaired) electrons. The molecule has 1 amide bonds. The summed E-state index contributed by atoms with van der Waals surface area (Å²) in [5.74, 6) is -3.04. The largest absolute Gasteiger partial charge is 0.481 e. The molecule has 0 aliphatic carbocycles. The highest BCUT2D eigenvalue weighted by atomic mass is 79.9. The van der Waals surface area contributed by atoms with Crippen molar-refractivity contribution in [2.45, 2.75) is 12.2 Å². The van der Waals surface area contributed by atoms with Gasteiger partial charge in [0.15, 0.2) is 0 Å². The predicted molar refractivity (Wildman–Crippen MR) is 83.2 cm³/mol. The molecule has 7 heteroatoms. The summed E-state index contributed by atoms with van der Waals surface area (Å²) in [6, 6.07) is 8.94. The third-order valence-electron chi connectivity index (χ3n) is 3.69. The summed E-state index contributed by atoms with van der Waals surface area (Å²) in [4.78, 5) is 24.0. The molecule has 1 saturated heterocycles. The highest BCUT2D eigenvalue weighted by Gasteiger charge is 2.58. The van der Waals surface area contributed by atoms with Gasteiger partial charge in [-0.3, -0.25) is 9.59 Å². The van der Waals surface area contributed by atoms with Gasteiger partial charge >= 0.3 is 5.97 Å². The molecule has 0 spiro atoms. The highest BCUT2D eigenvalue weighted by Crippen LogP contribution is 2.51. The number of anilines is 1. The summed E-state index contributed by atoms with van der Waals surface area (Å²) in [5, 5.41) is 12.2. The Hall–Kier alpha value is -1.18. The third-order valence-corrected chi connectivity index (χ3v) is 5.98. The smallest absolute Gasteiger partial charge is 0.310 e. The molecule has 1 fully saturated rings. The van der Waals surface area contributed by atoms with E-state index >= 15 is 0 Å². The van der Waals surface area contributed by atoms with E-state index in [4.69, 9.17) is 4.74 Å². The number of halogens is 2. The van der Waals surface area contributed by atoms with Gasteiger partial charge in [-0.2, -0.15) is 0 Å². The van der Waals surface area contributed by atoms with E-state index < -0.39 is 30.0 Å². The normalized spacial score (nSPS) is 30.6. The van der Waals surface area contributed by atoms with Crippen molar-refractivity contribution < 1.29 is 19.4 Å². The highest BCUT2D eigenvalue weighted by molar-refractivity contribution is 9.14. The molecule has 2 bridgehead atoms. The second kappa shape index (κ2) is 5.55. The zero-order valence-electron chi connectivity index (χ0n) is 10.6. The number of carbonyl (C=O) groups is 2. The van der Waals surface area contributed by atoms with E-state index in [0.717, 1.165) is 0 Å². The number of carboxylic acids is 1. The predicted octanol–water partition coefficient (Wildman–Crippen LogP) is 2.72. The van der Waals surface area contributed by atoms with Crippen molar-refractivity contribution in [1.29, 1.82) is 0 Å². The number of ether oxygens (including phenoxy) is 1. The molecule has 1 aromatic carbocycles. The van der Waals surface area contributed by atoms with Gasteiger partial charge in [0.25, 0.3) is 0 Å². The molecule has 2 aliphatic heterocycles. The molecular weight excluding hydrogens is 406 g/mol. The minimum Gasteiger partial charge on any atom is -0.481 e. The number of amides is 1. The fourth-order valence-corrected chi connectivity index (χ4v) is 3.98. The third kappa shape index (κ3) is 2.43. The van der Waals surface area contributed by atoms with E-state index in [1.807, 2.05) is 6.07 Å². The van der Waals surface area contributed by atoms with E-state index in [9.17, 15) is 14.7 Å². The first kappa shape index (κ1) is 14.7.